The van der Waals surface area contributed by atoms with Crippen molar-refractivity contribution >= 4 is 11.4 Å². The van der Waals surface area contributed by atoms with Crippen LogP contribution in [0.3, 0.4) is 0 Å². The number of benzene rings is 1. The van der Waals surface area contributed by atoms with Crippen molar-refractivity contribution in [2.75, 3.05) is 18.1 Å². The monoisotopic (exact) mass is 156 g/mol. The van der Waals surface area contributed by atoms with Gasteiger partial charge in [0.05, 0.1) is 0 Å². The first-order valence-corrected chi connectivity index (χ1v) is 2.86. The quantitative estimate of drug-likeness (QED) is 0.463. The predicted octanol–water partition coefficient (Wildman–Crippen LogP) is 1.63. The van der Waals surface area contributed by atoms with Crippen molar-refractivity contribution in [1.82, 2.24) is 12.3 Å². The van der Waals surface area contributed by atoms with Gasteiger partial charge < -0.3 is 23.4 Å². The minimum atomic E-state index is 0. The molecule has 0 atom stereocenters. The topological polar surface area (TPSA) is 108 Å². The van der Waals surface area contributed by atoms with Gasteiger partial charge >= 0.3 is 0 Å². The number of nitrogens with two attached hydrogens (primary N) is 1. The summed E-state index contributed by atoms with van der Waals surface area (Å²) in [6.07, 6.45) is 0. The zero-order chi connectivity index (χ0) is 6.69. The van der Waals surface area contributed by atoms with Crippen molar-refractivity contribution in [2.45, 2.75) is 0 Å². The number of hydrogen-bond acceptors (Lipinski definition) is 4. The van der Waals surface area contributed by atoms with Gasteiger partial charge in [0.1, 0.15) is 0 Å². The van der Waals surface area contributed by atoms with Crippen LogP contribution >= 0.6 is 0 Å². The third kappa shape index (κ3) is 3.44. The van der Waals surface area contributed by atoms with Gasteiger partial charge in [-0.3, -0.25) is 0 Å². The number of rotatable bonds is 1. The molecule has 0 heterocycles. The second-order valence-electron chi connectivity index (χ2n) is 1.87. The molecule has 0 aromatic heterocycles. The summed E-state index contributed by atoms with van der Waals surface area (Å²) in [6, 6.07) is 7.61. The van der Waals surface area contributed by atoms with Crippen LogP contribution in [-0.2, 0) is 0 Å². The lowest BCUT2D eigenvalue weighted by molar-refractivity contribution is 1.51. The van der Waals surface area contributed by atoms with Crippen molar-refractivity contribution in [2.24, 2.45) is 0 Å². The lowest BCUT2D eigenvalue weighted by Crippen LogP contribution is -1.88. The summed E-state index contributed by atoms with van der Waals surface area (Å²) in [5, 5.41) is 3.00. The predicted molar refractivity (Wildman–Crippen MR) is 50.4 cm³/mol. The molecule has 4 nitrogen and oxygen atoms in total. The van der Waals surface area contributed by atoms with E-state index in [0.717, 1.165) is 11.4 Å². The van der Waals surface area contributed by atoms with Crippen LogP contribution in [0.2, 0.25) is 0 Å². The summed E-state index contributed by atoms with van der Waals surface area (Å²) in [5.74, 6) is 0. The van der Waals surface area contributed by atoms with Gasteiger partial charge in [0, 0.05) is 18.4 Å². The van der Waals surface area contributed by atoms with Crippen LogP contribution in [0.15, 0.2) is 24.3 Å². The van der Waals surface area contributed by atoms with E-state index in [0.29, 0.717) is 0 Å². The molecule has 0 unspecified atom stereocenters. The molecule has 0 bridgehead atoms. The molecule has 4 heteroatoms. The zero-order valence-corrected chi connectivity index (χ0v) is 6.80. The minimum absolute atomic E-state index is 0. The highest BCUT2D eigenvalue weighted by Gasteiger charge is 1.84. The maximum Gasteiger partial charge on any atom is 0.0339 e. The van der Waals surface area contributed by atoms with Gasteiger partial charge in [0.2, 0.25) is 0 Å². The van der Waals surface area contributed by atoms with Crippen LogP contribution in [0.25, 0.3) is 0 Å². The highest BCUT2D eigenvalue weighted by molar-refractivity contribution is 5.50. The fraction of sp³-hybridized carbons (Fsp3) is 0.143. The van der Waals surface area contributed by atoms with Crippen molar-refractivity contribution in [3.05, 3.63) is 24.3 Å². The zero-order valence-electron chi connectivity index (χ0n) is 6.80. The van der Waals surface area contributed by atoms with E-state index in [4.69, 9.17) is 5.73 Å². The molecular formula is C7H16N4. The highest BCUT2D eigenvalue weighted by Crippen LogP contribution is 2.08. The van der Waals surface area contributed by atoms with Gasteiger partial charge in [0.25, 0.3) is 0 Å². The number of nitrogens with one attached hydrogen (secondary N) is 1. The maximum atomic E-state index is 5.45. The van der Waals surface area contributed by atoms with Crippen LogP contribution in [0, 0.1) is 0 Å². The Kier molecular flexibility index (Phi) is 6.23. The van der Waals surface area contributed by atoms with Crippen LogP contribution in [0.4, 0.5) is 11.4 Å². The van der Waals surface area contributed by atoms with Crippen molar-refractivity contribution in [1.29, 1.82) is 0 Å². The van der Waals surface area contributed by atoms with E-state index in [9.17, 15) is 0 Å². The molecule has 11 heavy (non-hydrogen) atoms. The Balaban J connectivity index is 0. The Morgan fingerprint density at radius 2 is 1.55 bits per heavy atom. The van der Waals surface area contributed by atoms with Crippen molar-refractivity contribution < 1.29 is 0 Å². The van der Waals surface area contributed by atoms with E-state index in [1.165, 1.54) is 0 Å². The fourth-order valence-electron chi connectivity index (χ4n) is 0.650. The van der Waals surface area contributed by atoms with E-state index in [2.05, 4.69) is 5.32 Å². The first-order valence-electron chi connectivity index (χ1n) is 2.86. The van der Waals surface area contributed by atoms with E-state index < -0.39 is 0 Å². The van der Waals surface area contributed by atoms with Crippen LogP contribution in [0.5, 0.6) is 0 Å². The molecule has 64 valence electrons. The van der Waals surface area contributed by atoms with Crippen LogP contribution in [0.1, 0.15) is 0 Å². The molecule has 1 rings (SSSR count). The smallest absolute Gasteiger partial charge is 0.0339 e. The summed E-state index contributed by atoms with van der Waals surface area (Å²) in [6.45, 7) is 0. The van der Waals surface area contributed by atoms with E-state index in [1.54, 1.807) is 0 Å². The van der Waals surface area contributed by atoms with Gasteiger partial charge in [-0.05, 0) is 24.3 Å². The molecule has 0 aliphatic heterocycles. The van der Waals surface area contributed by atoms with Gasteiger partial charge in [-0.15, -0.1) is 0 Å². The van der Waals surface area contributed by atoms with Gasteiger partial charge in [0.15, 0.2) is 0 Å². The van der Waals surface area contributed by atoms with Gasteiger partial charge in [-0.25, -0.2) is 0 Å². The summed E-state index contributed by atoms with van der Waals surface area (Å²) in [7, 11) is 1.88. The minimum Gasteiger partial charge on any atom is -0.399 e. The average Bonchev–Trinajstić information content (AvgIpc) is 1.90. The Bertz CT molecular complexity index is 182. The molecule has 0 amide bonds. The van der Waals surface area contributed by atoms with E-state index in [-0.39, 0.29) is 12.3 Å². The van der Waals surface area contributed by atoms with E-state index >= 15 is 0 Å². The Hall–Kier alpha value is -1.26. The molecule has 0 fully saturated rings. The molecule has 0 saturated carbocycles. The molecule has 0 aliphatic carbocycles. The van der Waals surface area contributed by atoms with Gasteiger partial charge in [-0.1, -0.05) is 0 Å². The molecule has 0 saturated heterocycles. The van der Waals surface area contributed by atoms with Crippen LogP contribution < -0.4 is 23.4 Å². The molecule has 0 radical (unpaired) electrons. The standard InChI is InChI=1S/C7H10N2.2H3N/c1-9-7-4-2-6(8)3-5-7;;/h2-5,9H,8H2,1H3;2*1H3. The largest absolute Gasteiger partial charge is 0.399 e. The number of nitrogen functional groups attached to an aromatic ring is 1. The lowest BCUT2D eigenvalue weighted by Gasteiger charge is -1.97. The molecule has 0 aliphatic rings. The summed E-state index contributed by atoms with van der Waals surface area (Å²) >= 11 is 0. The second-order valence-corrected chi connectivity index (χ2v) is 1.87. The Labute approximate surface area is 67.0 Å². The summed E-state index contributed by atoms with van der Waals surface area (Å²) in [4.78, 5) is 0. The molecular weight excluding hydrogens is 140 g/mol. The van der Waals surface area contributed by atoms with Crippen molar-refractivity contribution in [3.63, 3.8) is 0 Å². The molecule has 0 spiro atoms. The molecule has 9 N–H and O–H groups in total. The second kappa shape index (κ2) is 5.52. The maximum absolute atomic E-state index is 5.45. The summed E-state index contributed by atoms with van der Waals surface area (Å²) in [5.41, 5.74) is 7.34. The van der Waals surface area contributed by atoms with E-state index in [1.807, 2.05) is 31.3 Å². The first-order chi connectivity index (χ1) is 4.33. The Morgan fingerprint density at radius 3 is 1.91 bits per heavy atom. The third-order valence-electron chi connectivity index (χ3n) is 1.20. The normalized spacial score (nSPS) is 7.36. The highest BCUT2D eigenvalue weighted by atomic mass is 14.8. The first kappa shape index (κ1) is 12.4. The third-order valence-corrected chi connectivity index (χ3v) is 1.20. The van der Waals surface area contributed by atoms with Crippen LogP contribution in [-0.4, -0.2) is 7.05 Å². The lowest BCUT2D eigenvalue weighted by atomic mass is 10.3. The molecule has 1 aromatic rings. The summed E-state index contributed by atoms with van der Waals surface area (Å²) < 4.78 is 0. The average molecular weight is 156 g/mol. The number of anilines is 2. The Morgan fingerprint density at radius 1 is 1.09 bits per heavy atom. The SMILES string of the molecule is CNc1ccc(N)cc1.N.N. The molecule has 1 aromatic carbocycles. The fourth-order valence-corrected chi connectivity index (χ4v) is 0.650. The van der Waals surface area contributed by atoms with Gasteiger partial charge in [-0.2, -0.15) is 0 Å². The number of hydrogen-bond donors (Lipinski definition) is 4. The van der Waals surface area contributed by atoms with Crippen molar-refractivity contribution in [3.8, 4) is 0 Å².